The highest BCUT2D eigenvalue weighted by Crippen LogP contribution is 2.30. The van der Waals surface area contributed by atoms with Crippen molar-refractivity contribution < 1.29 is 0 Å². The Hall–Kier alpha value is -0.990. The van der Waals surface area contributed by atoms with E-state index in [0.717, 1.165) is 11.7 Å². The van der Waals surface area contributed by atoms with Gasteiger partial charge >= 0.3 is 0 Å². The summed E-state index contributed by atoms with van der Waals surface area (Å²) in [6.07, 6.45) is 7.54. The fourth-order valence-electron chi connectivity index (χ4n) is 2.03. The molecule has 1 aromatic rings. The average Bonchev–Trinajstić information content (AvgIpc) is 2.44. The van der Waals surface area contributed by atoms with Gasteiger partial charge in [-0.15, -0.1) is 0 Å². The van der Waals surface area contributed by atoms with Gasteiger partial charge in [0.15, 0.2) is 0 Å². The van der Waals surface area contributed by atoms with E-state index in [0.29, 0.717) is 6.04 Å². The summed E-state index contributed by atoms with van der Waals surface area (Å²) in [5.74, 6) is 1.96. The van der Waals surface area contributed by atoms with Gasteiger partial charge in [0.05, 0.1) is 0 Å². The number of aryl methyl sites for hydroxylation is 1. The fraction of sp³-hybridized carbons (Fsp3) is 0.727. The summed E-state index contributed by atoms with van der Waals surface area (Å²) in [4.78, 5) is 0. The molecule has 78 valence electrons. The zero-order chi connectivity index (χ0) is 9.97. The van der Waals surface area contributed by atoms with Crippen molar-refractivity contribution in [3.05, 3.63) is 12.3 Å². The highest BCUT2D eigenvalue weighted by Gasteiger charge is 2.19. The number of anilines is 1. The molecule has 1 aliphatic carbocycles. The van der Waals surface area contributed by atoms with Crippen LogP contribution in [-0.4, -0.2) is 15.8 Å². The molecule has 2 rings (SSSR count). The van der Waals surface area contributed by atoms with Crippen LogP contribution in [-0.2, 0) is 7.05 Å². The maximum Gasteiger partial charge on any atom is 0.148 e. The van der Waals surface area contributed by atoms with Crippen molar-refractivity contribution in [3.63, 3.8) is 0 Å². The molecule has 0 aliphatic heterocycles. The molecule has 14 heavy (non-hydrogen) atoms. The zero-order valence-electron chi connectivity index (χ0n) is 9.03. The van der Waals surface area contributed by atoms with Gasteiger partial charge in [0.1, 0.15) is 5.82 Å². The van der Waals surface area contributed by atoms with Gasteiger partial charge in [-0.1, -0.05) is 19.3 Å². The van der Waals surface area contributed by atoms with Gasteiger partial charge in [0, 0.05) is 25.4 Å². The lowest BCUT2D eigenvalue weighted by Gasteiger charge is -2.28. The van der Waals surface area contributed by atoms with Crippen LogP contribution in [0.2, 0.25) is 0 Å². The monoisotopic (exact) mass is 193 g/mol. The standard InChI is InChI=1S/C11H19N3/c1-9(8-10-4-3-5-10)12-11-6-7-14(2)13-11/h6-7,9-10H,3-5,8H2,1-2H3,(H,12,13). The molecule has 0 radical (unpaired) electrons. The molecule has 0 bridgehead atoms. The van der Waals surface area contributed by atoms with E-state index in [-0.39, 0.29) is 0 Å². The van der Waals surface area contributed by atoms with Gasteiger partial charge in [-0.2, -0.15) is 5.10 Å². The van der Waals surface area contributed by atoms with Crippen LogP contribution in [0.5, 0.6) is 0 Å². The third-order valence-electron chi connectivity index (χ3n) is 3.02. The first-order valence-electron chi connectivity index (χ1n) is 5.50. The third kappa shape index (κ3) is 2.28. The van der Waals surface area contributed by atoms with Crippen LogP contribution >= 0.6 is 0 Å². The van der Waals surface area contributed by atoms with Crippen LogP contribution in [0, 0.1) is 5.92 Å². The van der Waals surface area contributed by atoms with Crippen molar-refractivity contribution >= 4 is 5.82 Å². The van der Waals surface area contributed by atoms with Crippen molar-refractivity contribution in [2.24, 2.45) is 13.0 Å². The van der Waals surface area contributed by atoms with Gasteiger partial charge < -0.3 is 5.32 Å². The largest absolute Gasteiger partial charge is 0.366 e. The van der Waals surface area contributed by atoms with Crippen LogP contribution in [0.15, 0.2) is 12.3 Å². The average molecular weight is 193 g/mol. The molecule has 1 N–H and O–H groups in total. The topological polar surface area (TPSA) is 29.9 Å². The minimum absolute atomic E-state index is 0.551. The molecule has 1 unspecified atom stereocenters. The van der Waals surface area contributed by atoms with Crippen LogP contribution in [0.25, 0.3) is 0 Å². The summed E-state index contributed by atoms with van der Waals surface area (Å²) < 4.78 is 1.83. The fourth-order valence-corrected chi connectivity index (χ4v) is 2.03. The lowest BCUT2D eigenvalue weighted by atomic mass is 9.81. The SMILES string of the molecule is CC(CC1CCC1)Nc1ccn(C)n1. The summed E-state index contributed by atoms with van der Waals surface area (Å²) in [7, 11) is 1.95. The van der Waals surface area contributed by atoms with E-state index in [2.05, 4.69) is 17.3 Å². The Kier molecular flexibility index (Phi) is 2.75. The quantitative estimate of drug-likeness (QED) is 0.795. The van der Waals surface area contributed by atoms with Crippen molar-refractivity contribution in [3.8, 4) is 0 Å². The Balaban J connectivity index is 1.78. The minimum atomic E-state index is 0.551. The van der Waals surface area contributed by atoms with E-state index in [4.69, 9.17) is 0 Å². The first kappa shape index (κ1) is 9.56. The Morgan fingerprint density at radius 3 is 2.93 bits per heavy atom. The molecule has 0 saturated heterocycles. The number of rotatable bonds is 4. The Morgan fingerprint density at radius 1 is 1.64 bits per heavy atom. The van der Waals surface area contributed by atoms with Gasteiger partial charge in [0.2, 0.25) is 0 Å². The van der Waals surface area contributed by atoms with Crippen LogP contribution in [0.3, 0.4) is 0 Å². The molecule has 3 nitrogen and oxygen atoms in total. The first-order valence-corrected chi connectivity index (χ1v) is 5.50. The number of nitrogens with zero attached hydrogens (tertiary/aromatic N) is 2. The molecule has 1 atom stereocenters. The third-order valence-corrected chi connectivity index (χ3v) is 3.02. The van der Waals surface area contributed by atoms with Crippen molar-refractivity contribution in [2.45, 2.75) is 38.6 Å². The van der Waals surface area contributed by atoms with E-state index in [9.17, 15) is 0 Å². The van der Waals surface area contributed by atoms with Gasteiger partial charge in [-0.05, 0) is 19.3 Å². The summed E-state index contributed by atoms with van der Waals surface area (Å²) in [6, 6.07) is 2.58. The smallest absolute Gasteiger partial charge is 0.148 e. The molecular formula is C11H19N3. The molecule has 1 saturated carbocycles. The van der Waals surface area contributed by atoms with Gasteiger partial charge in [-0.25, -0.2) is 0 Å². The Labute approximate surface area is 85.5 Å². The zero-order valence-corrected chi connectivity index (χ0v) is 9.03. The highest BCUT2D eigenvalue weighted by molar-refractivity contribution is 5.33. The second kappa shape index (κ2) is 4.03. The maximum absolute atomic E-state index is 4.31. The normalized spacial score (nSPS) is 19.0. The van der Waals surface area contributed by atoms with Crippen molar-refractivity contribution in [1.29, 1.82) is 0 Å². The predicted molar refractivity (Wildman–Crippen MR) is 58.3 cm³/mol. The summed E-state index contributed by atoms with van der Waals surface area (Å²) in [5, 5.41) is 7.74. The van der Waals surface area contributed by atoms with E-state index < -0.39 is 0 Å². The molecule has 1 aliphatic rings. The van der Waals surface area contributed by atoms with Crippen LogP contribution in [0.1, 0.15) is 32.6 Å². The van der Waals surface area contributed by atoms with Gasteiger partial charge in [0.25, 0.3) is 0 Å². The molecule has 1 fully saturated rings. The van der Waals surface area contributed by atoms with E-state index in [1.54, 1.807) is 0 Å². The molecule has 0 spiro atoms. The van der Waals surface area contributed by atoms with Crippen molar-refractivity contribution in [2.75, 3.05) is 5.32 Å². The molecule has 0 amide bonds. The molecule has 0 aromatic carbocycles. The summed E-state index contributed by atoms with van der Waals surface area (Å²) in [5.41, 5.74) is 0. The first-order chi connectivity index (χ1) is 6.74. The summed E-state index contributed by atoms with van der Waals surface area (Å²) in [6.45, 7) is 2.24. The predicted octanol–water partition coefficient (Wildman–Crippen LogP) is 2.41. The van der Waals surface area contributed by atoms with E-state index >= 15 is 0 Å². The molecule has 1 heterocycles. The minimum Gasteiger partial charge on any atom is -0.366 e. The Morgan fingerprint density at radius 2 is 2.43 bits per heavy atom. The molecular weight excluding hydrogens is 174 g/mol. The second-order valence-corrected chi connectivity index (χ2v) is 4.45. The van der Waals surface area contributed by atoms with Crippen LogP contribution in [0.4, 0.5) is 5.82 Å². The number of hydrogen-bond donors (Lipinski definition) is 1. The highest BCUT2D eigenvalue weighted by atomic mass is 15.3. The van der Waals surface area contributed by atoms with E-state index in [1.165, 1.54) is 25.7 Å². The maximum atomic E-state index is 4.31. The lowest BCUT2D eigenvalue weighted by molar-refractivity contribution is 0.285. The lowest BCUT2D eigenvalue weighted by Crippen LogP contribution is -2.23. The van der Waals surface area contributed by atoms with Crippen LogP contribution < -0.4 is 5.32 Å². The number of hydrogen-bond acceptors (Lipinski definition) is 2. The molecule has 3 heteroatoms. The number of aromatic nitrogens is 2. The summed E-state index contributed by atoms with van der Waals surface area (Å²) >= 11 is 0. The van der Waals surface area contributed by atoms with E-state index in [1.807, 2.05) is 24.0 Å². The molecule has 1 aromatic heterocycles. The second-order valence-electron chi connectivity index (χ2n) is 4.45. The van der Waals surface area contributed by atoms with Gasteiger partial charge in [-0.3, -0.25) is 4.68 Å². The Bertz CT molecular complexity index is 288. The number of nitrogens with one attached hydrogen (secondary N) is 1. The van der Waals surface area contributed by atoms with Crippen molar-refractivity contribution in [1.82, 2.24) is 9.78 Å².